The van der Waals surface area contributed by atoms with Crippen LogP contribution in [0.25, 0.3) is 0 Å². The van der Waals surface area contributed by atoms with Crippen LogP contribution < -0.4 is 5.32 Å². The zero-order valence-electron chi connectivity index (χ0n) is 14.9. The second-order valence-electron chi connectivity index (χ2n) is 6.48. The third kappa shape index (κ3) is 4.44. The third-order valence-electron chi connectivity index (χ3n) is 4.62. The molecule has 1 aliphatic rings. The summed E-state index contributed by atoms with van der Waals surface area (Å²) in [6.45, 7) is 7.47. The van der Waals surface area contributed by atoms with E-state index >= 15 is 0 Å². The largest absolute Gasteiger partial charge is 0.379 e. The maximum atomic E-state index is 13.0. The molecule has 0 radical (unpaired) electrons. The lowest BCUT2D eigenvalue weighted by Crippen LogP contribution is -2.45. The summed E-state index contributed by atoms with van der Waals surface area (Å²) in [5.41, 5.74) is 4.46. The average molecular weight is 339 g/mol. The lowest BCUT2D eigenvalue weighted by Gasteiger charge is -2.33. The molecule has 1 unspecified atom stereocenters. The number of aromatic nitrogens is 1. The zero-order chi connectivity index (χ0) is 17.6. The van der Waals surface area contributed by atoms with Crippen molar-refractivity contribution in [2.24, 2.45) is 0 Å². The van der Waals surface area contributed by atoms with Gasteiger partial charge in [0.15, 0.2) is 0 Å². The van der Waals surface area contributed by atoms with Crippen molar-refractivity contribution in [3.63, 3.8) is 0 Å². The molecule has 1 atom stereocenters. The molecule has 132 valence electrons. The maximum Gasteiger partial charge on any atom is 0.242 e. The molecule has 2 aromatic rings. The highest BCUT2D eigenvalue weighted by molar-refractivity contribution is 5.83. The Balaban J connectivity index is 1.76. The Hall–Kier alpha value is -2.24. The molecule has 1 aromatic heterocycles. The van der Waals surface area contributed by atoms with Gasteiger partial charge in [-0.25, -0.2) is 0 Å². The van der Waals surface area contributed by atoms with E-state index < -0.39 is 0 Å². The number of rotatable bonds is 5. The van der Waals surface area contributed by atoms with Gasteiger partial charge in [-0.2, -0.15) is 0 Å². The highest BCUT2D eigenvalue weighted by Crippen LogP contribution is 2.22. The number of nitrogens with one attached hydrogen (secondary N) is 1. The Bertz CT molecular complexity index is 712. The van der Waals surface area contributed by atoms with Gasteiger partial charge < -0.3 is 10.1 Å². The van der Waals surface area contributed by atoms with Crippen molar-refractivity contribution in [1.29, 1.82) is 0 Å². The molecule has 3 rings (SSSR count). The Morgan fingerprint density at radius 3 is 2.80 bits per heavy atom. The first-order chi connectivity index (χ1) is 12.1. The van der Waals surface area contributed by atoms with Gasteiger partial charge in [-0.05, 0) is 36.6 Å². The van der Waals surface area contributed by atoms with Gasteiger partial charge >= 0.3 is 0 Å². The number of carbonyl (C=O) groups is 1. The van der Waals surface area contributed by atoms with Crippen molar-refractivity contribution < 1.29 is 9.53 Å². The Kier molecular flexibility index (Phi) is 5.79. The second-order valence-corrected chi connectivity index (χ2v) is 6.48. The molecule has 1 saturated heterocycles. The number of aryl methyl sites for hydroxylation is 2. The fraction of sp³-hybridized carbons (Fsp3) is 0.400. The van der Waals surface area contributed by atoms with Crippen molar-refractivity contribution in [1.82, 2.24) is 15.2 Å². The van der Waals surface area contributed by atoms with Gasteiger partial charge in [-0.1, -0.05) is 29.8 Å². The maximum absolute atomic E-state index is 13.0. The number of ether oxygens (including phenoxy) is 1. The highest BCUT2D eigenvalue weighted by Gasteiger charge is 2.29. The van der Waals surface area contributed by atoms with Crippen molar-refractivity contribution in [2.75, 3.05) is 26.3 Å². The van der Waals surface area contributed by atoms with Gasteiger partial charge in [0.1, 0.15) is 6.04 Å². The quantitative estimate of drug-likeness (QED) is 0.909. The molecule has 5 nitrogen and oxygen atoms in total. The number of hydrogen-bond donors (Lipinski definition) is 1. The number of benzene rings is 1. The van der Waals surface area contributed by atoms with E-state index in [-0.39, 0.29) is 11.9 Å². The molecule has 1 N–H and O–H groups in total. The van der Waals surface area contributed by atoms with Crippen LogP contribution >= 0.6 is 0 Å². The topological polar surface area (TPSA) is 54.5 Å². The molecule has 0 spiro atoms. The zero-order valence-corrected chi connectivity index (χ0v) is 14.9. The third-order valence-corrected chi connectivity index (χ3v) is 4.62. The van der Waals surface area contributed by atoms with E-state index in [0.29, 0.717) is 19.8 Å². The summed E-state index contributed by atoms with van der Waals surface area (Å²) in [6.07, 6.45) is 3.51. The SMILES string of the molecule is Cc1ccc(C)c(CNC(=O)C(c2cccnc2)N2CCOCC2)c1. The molecule has 2 heterocycles. The number of pyridine rings is 1. The molecule has 1 fully saturated rings. The van der Waals surface area contributed by atoms with Crippen LogP contribution in [0.15, 0.2) is 42.7 Å². The van der Waals surface area contributed by atoms with E-state index in [0.717, 1.165) is 24.2 Å². The van der Waals surface area contributed by atoms with E-state index in [9.17, 15) is 4.79 Å². The minimum atomic E-state index is -0.331. The van der Waals surface area contributed by atoms with Crippen LogP contribution in [0.5, 0.6) is 0 Å². The lowest BCUT2D eigenvalue weighted by atomic mass is 10.0. The predicted octanol–water partition coefficient (Wildman–Crippen LogP) is 2.39. The number of morpholine rings is 1. The lowest BCUT2D eigenvalue weighted by molar-refractivity contribution is -0.128. The molecule has 5 heteroatoms. The summed E-state index contributed by atoms with van der Waals surface area (Å²) in [7, 11) is 0. The van der Waals surface area contributed by atoms with Crippen LogP contribution in [0.2, 0.25) is 0 Å². The van der Waals surface area contributed by atoms with Crippen LogP contribution in [0.1, 0.15) is 28.3 Å². The van der Waals surface area contributed by atoms with Crippen molar-refractivity contribution in [3.05, 3.63) is 65.0 Å². The molecule has 0 bridgehead atoms. The van der Waals surface area contributed by atoms with E-state index in [1.807, 2.05) is 12.1 Å². The molecule has 25 heavy (non-hydrogen) atoms. The normalized spacial score (nSPS) is 16.4. The monoisotopic (exact) mass is 339 g/mol. The average Bonchev–Trinajstić information content (AvgIpc) is 2.64. The Morgan fingerprint density at radius 1 is 1.28 bits per heavy atom. The molecule has 1 aliphatic heterocycles. The number of hydrogen-bond acceptors (Lipinski definition) is 4. The van der Waals surface area contributed by atoms with Crippen LogP contribution in [0.3, 0.4) is 0 Å². The van der Waals surface area contributed by atoms with Crippen molar-refractivity contribution >= 4 is 5.91 Å². The first kappa shape index (κ1) is 17.6. The van der Waals surface area contributed by atoms with Gasteiger partial charge in [0.25, 0.3) is 0 Å². The predicted molar refractivity (Wildman–Crippen MR) is 97.1 cm³/mol. The summed E-state index contributed by atoms with van der Waals surface area (Å²) < 4.78 is 5.43. The Labute approximate surface area is 149 Å². The summed E-state index contributed by atoms with van der Waals surface area (Å²) >= 11 is 0. The van der Waals surface area contributed by atoms with E-state index in [1.54, 1.807) is 12.4 Å². The fourth-order valence-electron chi connectivity index (χ4n) is 3.17. The van der Waals surface area contributed by atoms with Crippen LogP contribution in [-0.4, -0.2) is 42.1 Å². The number of nitrogens with zero attached hydrogens (tertiary/aromatic N) is 2. The number of amides is 1. The van der Waals surface area contributed by atoms with Gasteiger partial charge in [0, 0.05) is 32.0 Å². The van der Waals surface area contributed by atoms with Gasteiger partial charge in [-0.15, -0.1) is 0 Å². The molecular weight excluding hydrogens is 314 g/mol. The summed E-state index contributed by atoms with van der Waals surface area (Å²) in [4.78, 5) is 19.3. The minimum Gasteiger partial charge on any atom is -0.379 e. The molecule has 0 aliphatic carbocycles. The van der Waals surface area contributed by atoms with Crippen LogP contribution in [0, 0.1) is 13.8 Å². The molecule has 0 saturated carbocycles. The van der Waals surface area contributed by atoms with Crippen molar-refractivity contribution in [2.45, 2.75) is 26.4 Å². The second kappa shape index (κ2) is 8.23. The van der Waals surface area contributed by atoms with Gasteiger partial charge in [0.2, 0.25) is 5.91 Å². The standard InChI is InChI=1S/C20H25N3O2/c1-15-5-6-16(2)18(12-15)14-22-20(24)19(17-4-3-7-21-13-17)23-8-10-25-11-9-23/h3-7,12-13,19H,8-11,14H2,1-2H3,(H,22,24). The molecular formula is C20H25N3O2. The number of carbonyl (C=O) groups excluding carboxylic acids is 1. The highest BCUT2D eigenvalue weighted by atomic mass is 16.5. The summed E-state index contributed by atoms with van der Waals surface area (Å²) in [6, 6.07) is 9.82. The van der Waals surface area contributed by atoms with Crippen molar-refractivity contribution in [3.8, 4) is 0 Å². The van der Waals surface area contributed by atoms with Gasteiger partial charge in [0.05, 0.1) is 13.2 Å². The Morgan fingerprint density at radius 2 is 2.08 bits per heavy atom. The van der Waals surface area contributed by atoms with Gasteiger partial charge in [-0.3, -0.25) is 14.7 Å². The first-order valence-corrected chi connectivity index (χ1v) is 8.71. The van der Waals surface area contributed by atoms with Crippen LogP contribution in [-0.2, 0) is 16.1 Å². The first-order valence-electron chi connectivity index (χ1n) is 8.71. The molecule has 1 aromatic carbocycles. The summed E-state index contributed by atoms with van der Waals surface area (Å²) in [5.74, 6) is 0.0100. The van der Waals surface area contributed by atoms with E-state index in [4.69, 9.17) is 4.74 Å². The molecule has 1 amide bonds. The smallest absolute Gasteiger partial charge is 0.242 e. The minimum absolute atomic E-state index is 0.0100. The van der Waals surface area contributed by atoms with E-state index in [1.165, 1.54) is 11.1 Å². The van der Waals surface area contributed by atoms with Crippen LogP contribution in [0.4, 0.5) is 0 Å². The summed E-state index contributed by atoms with van der Waals surface area (Å²) in [5, 5.41) is 3.11. The fourth-order valence-corrected chi connectivity index (χ4v) is 3.17. The van der Waals surface area contributed by atoms with E-state index in [2.05, 4.69) is 47.2 Å².